The van der Waals surface area contributed by atoms with Gasteiger partial charge in [-0.05, 0) is 19.1 Å². The molecule has 0 aliphatic heterocycles. The maximum absolute atomic E-state index is 12.2. The lowest BCUT2D eigenvalue weighted by molar-refractivity contribution is -0.140. The minimum absolute atomic E-state index is 0.0350. The Hall–Kier alpha value is -1.52. The summed E-state index contributed by atoms with van der Waals surface area (Å²) in [7, 11) is 0. The van der Waals surface area contributed by atoms with Crippen molar-refractivity contribution >= 4 is 5.91 Å². The lowest BCUT2D eigenvalue weighted by Gasteiger charge is -2.22. The standard InChI is InChI=1S/C11H12F3NO/c1-2-15(8-11(12,13)14)10(16)9-6-4-3-5-7-9/h3-7H,2,8H2,1H3. The highest BCUT2D eigenvalue weighted by molar-refractivity contribution is 5.94. The first-order valence-electron chi connectivity index (χ1n) is 4.85. The molecule has 0 saturated carbocycles. The monoisotopic (exact) mass is 231 g/mol. The number of carbonyl (C=O) groups excluding carboxylic acids is 1. The molecule has 0 aliphatic rings. The molecule has 16 heavy (non-hydrogen) atoms. The summed E-state index contributed by atoms with van der Waals surface area (Å²) in [6.45, 7) is 0.344. The number of benzene rings is 1. The smallest absolute Gasteiger partial charge is 0.330 e. The number of hydrogen-bond donors (Lipinski definition) is 0. The third-order valence-corrected chi connectivity index (χ3v) is 2.06. The van der Waals surface area contributed by atoms with Crippen LogP contribution in [0, 0.1) is 0 Å². The lowest BCUT2D eigenvalue weighted by atomic mass is 10.2. The van der Waals surface area contributed by atoms with Gasteiger partial charge in [0.05, 0.1) is 0 Å². The van der Waals surface area contributed by atoms with Crippen LogP contribution in [0.15, 0.2) is 30.3 Å². The van der Waals surface area contributed by atoms with E-state index in [2.05, 4.69) is 0 Å². The Labute approximate surface area is 91.7 Å². The van der Waals surface area contributed by atoms with Crippen molar-refractivity contribution in [2.24, 2.45) is 0 Å². The van der Waals surface area contributed by atoms with Gasteiger partial charge in [-0.1, -0.05) is 18.2 Å². The first-order chi connectivity index (χ1) is 7.44. The van der Waals surface area contributed by atoms with Crippen molar-refractivity contribution in [1.82, 2.24) is 4.90 Å². The predicted octanol–water partition coefficient (Wildman–Crippen LogP) is 2.71. The van der Waals surface area contributed by atoms with E-state index < -0.39 is 18.6 Å². The molecule has 1 aromatic carbocycles. The minimum atomic E-state index is -4.36. The minimum Gasteiger partial charge on any atom is -0.330 e. The molecule has 0 aliphatic carbocycles. The summed E-state index contributed by atoms with van der Waals surface area (Å²) in [5.74, 6) is -0.597. The van der Waals surface area contributed by atoms with E-state index in [1.165, 1.54) is 19.1 Å². The molecule has 1 rings (SSSR count). The van der Waals surface area contributed by atoms with E-state index in [0.29, 0.717) is 0 Å². The van der Waals surface area contributed by atoms with Crippen molar-refractivity contribution < 1.29 is 18.0 Å². The summed E-state index contributed by atoms with van der Waals surface area (Å²) < 4.78 is 36.5. The summed E-state index contributed by atoms with van der Waals surface area (Å²) in [5, 5.41) is 0. The van der Waals surface area contributed by atoms with Gasteiger partial charge in [-0.25, -0.2) is 0 Å². The summed E-state index contributed by atoms with van der Waals surface area (Å²) in [6.07, 6.45) is -4.36. The molecule has 0 heterocycles. The fourth-order valence-electron chi connectivity index (χ4n) is 1.31. The second-order valence-corrected chi connectivity index (χ2v) is 3.30. The topological polar surface area (TPSA) is 20.3 Å². The van der Waals surface area contributed by atoms with Gasteiger partial charge in [0, 0.05) is 12.1 Å². The molecule has 0 spiro atoms. The van der Waals surface area contributed by atoms with Crippen molar-refractivity contribution in [2.45, 2.75) is 13.1 Å². The molecule has 0 radical (unpaired) electrons. The maximum Gasteiger partial charge on any atom is 0.406 e. The Morgan fingerprint density at radius 2 is 1.81 bits per heavy atom. The van der Waals surface area contributed by atoms with E-state index in [1.54, 1.807) is 18.2 Å². The molecule has 1 aromatic rings. The second-order valence-electron chi connectivity index (χ2n) is 3.30. The van der Waals surface area contributed by atoms with Gasteiger partial charge >= 0.3 is 6.18 Å². The Morgan fingerprint density at radius 1 is 1.25 bits per heavy atom. The summed E-state index contributed by atoms with van der Waals surface area (Å²) >= 11 is 0. The highest BCUT2D eigenvalue weighted by atomic mass is 19.4. The molecule has 0 N–H and O–H groups in total. The van der Waals surface area contributed by atoms with Gasteiger partial charge in [0.2, 0.25) is 0 Å². The van der Waals surface area contributed by atoms with E-state index in [4.69, 9.17) is 0 Å². The number of alkyl halides is 3. The van der Waals surface area contributed by atoms with E-state index >= 15 is 0 Å². The fourth-order valence-corrected chi connectivity index (χ4v) is 1.31. The van der Waals surface area contributed by atoms with Crippen LogP contribution in [0.4, 0.5) is 13.2 Å². The van der Waals surface area contributed by atoms with E-state index in [1.807, 2.05) is 0 Å². The second kappa shape index (κ2) is 5.01. The number of halogens is 3. The molecule has 88 valence electrons. The van der Waals surface area contributed by atoms with Crippen molar-refractivity contribution in [1.29, 1.82) is 0 Å². The van der Waals surface area contributed by atoms with Gasteiger partial charge in [0.1, 0.15) is 6.54 Å². The van der Waals surface area contributed by atoms with Gasteiger partial charge in [-0.3, -0.25) is 4.79 Å². The zero-order valence-corrected chi connectivity index (χ0v) is 8.79. The number of carbonyl (C=O) groups is 1. The number of nitrogens with zero attached hydrogens (tertiary/aromatic N) is 1. The normalized spacial score (nSPS) is 11.2. The van der Waals surface area contributed by atoms with Crippen LogP contribution in [0.5, 0.6) is 0 Å². The van der Waals surface area contributed by atoms with Crippen molar-refractivity contribution in [3.05, 3.63) is 35.9 Å². The van der Waals surface area contributed by atoms with Gasteiger partial charge < -0.3 is 4.90 Å². The molecule has 0 saturated heterocycles. The Morgan fingerprint density at radius 3 is 2.25 bits per heavy atom. The van der Waals surface area contributed by atoms with Crippen molar-refractivity contribution in [3.8, 4) is 0 Å². The Bertz CT molecular complexity index is 348. The molecular weight excluding hydrogens is 219 g/mol. The van der Waals surface area contributed by atoms with Crippen molar-refractivity contribution in [3.63, 3.8) is 0 Å². The summed E-state index contributed by atoms with van der Waals surface area (Å²) in [5.41, 5.74) is 0.272. The van der Waals surface area contributed by atoms with E-state index in [-0.39, 0.29) is 12.1 Å². The van der Waals surface area contributed by atoms with Crippen LogP contribution in [-0.4, -0.2) is 30.1 Å². The number of amides is 1. The molecule has 0 atom stereocenters. The molecule has 1 amide bonds. The van der Waals surface area contributed by atoms with E-state index in [0.717, 1.165) is 4.90 Å². The molecule has 0 fully saturated rings. The average Bonchev–Trinajstić information content (AvgIpc) is 2.25. The predicted molar refractivity (Wildman–Crippen MR) is 54.1 cm³/mol. The van der Waals surface area contributed by atoms with Crippen LogP contribution >= 0.6 is 0 Å². The van der Waals surface area contributed by atoms with Gasteiger partial charge in [-0.2, -0.15) is 13.2 Å². The maximum atomic E-state index is 12.2. The molecule has 0 unspecified atom stereocenters. The van der Waals surface area contributed by atoms with Crippen molar-refractivity contribution in [2.75, 3.05) is 13.1 Å². The largest absolute Gasteiger partial charge is 0.406 e. The Kier molecular flexibility index (Phi) is 3.93. The van der Waals surface area contributed by atoms with Crippen LogP contribution in [0.25, 0.3) is 0 Å². The van der Waals surface area contributed by atoms with Crippen LogP contribution in [0.2, 0.25) is 0 Å². The zero-order chi connectivity index (χ0) is 12.2. The molecule has 0 aromatic heterocycles. The molecule has 2 nitrogen and oxygen atoms in total. The number of hydrogen-bond acceptors (Lipinski definition) is 1. The van der Waals surface area contributed by atoms with Gasteiger partial charge in [0.25, 0.3) is 5.91 Å². The fraction of sp³-hybridized carbons (Fsp3) is 0.364. The molecule has 5 heteroatoms. The van der Waals surface area contributed by atoms with Crippen LogP contribution in [0.3, 0.4) is 0 Å². The molecular formula is C11H12F3NO. The summed E-state index contributed by atoms with van der Waals surface area (Å²) in [4.78, 5) is 12.5. The zero-order valence-electron chi connectivity index (χ0n) is 8.79. The molecule has 0 bridgehead atoms. The average molecular weight is 231 g/mol. The first-order valence-corrected chi connectivity index (χ1v) is 4.85. The highest BCUT2D eigenvalue weighted by Gasteiger charge is 2.32. The third-order valence-electron chi connectivity index (χ3n) is 2.06. The van der Waals surface area contributed by atoms with Crippen LogP contribution in [-0.2, 0) is 0 Å². The first kappa shape index (κ1) is 12.5. The van der Waals surface area contributed by atoms with Crippen LogP contribution < -0.4 is 0 Å². The van der Waals surface area contributed by atoms with Crippen LogP contribution in [0.1, 0.15) is 17.3 Å². The van der Waals surface area contributed by atoms with Gasteiger partial charge in [-0.15, -0.1) is 0 Å². The van der Waals surface area contributed by atoms with E-state index in [9.17, 15) is 18.0 Å². The highest BCUT2D eigenvalue weighted by Crippen LogP contribution is 2.17. The number of rotatable bonds is 3. The Balaban J connectivity index is 2.78. The third kappa shape index (κ3) is 3.56. The van der Waals surface area contributed by atoms with Gasteiger partial charge in [0.15, 0.2) is 0 Å². The summed E-state index contributed by atoms with van der Waals surface area (Å²) in [6, 6.07) is 7.95. The lowest BCUT2D eigenvalue weighted by Crippen LogP contribution is -2.38. The quantitative estimate of drug-likeness (QED) is 0.783. The SMILES string of the molecule is CCN(CC(F)(F)F)C(=O)c1ccccc1.